The van der Waals surface area contributed by atoms with Crippen molar-refractivity contribution in [3.63, 3.8) is 0 Å². The summed E-state index contributed by atoms with van der Waals surface area (Å²) in [5, 5.41) is 2.77. The molecule has 0 radical (unpaired) electrons. The number of carbonyl (C=O) groups excluding carboxylic acids is 1. The highest BCUT2D eigenvalue weighted by Gasteiger charge is 2.11. The van der Waals surface area contributed by atoms with Crippen molar-refractivity contribution < 1.29 is 14.3 Å². The van der Waals surface area contributed by atoms with Crippen molar-refractivity contribution in [2.45, 2.75) is 26.1 Å². The SMILES string of the molecule is CCOCc1ccc(CNC(=O)C(N)COC)cc1. The number of ether oxygens (including phenoxy) is 2. The molecule has 0 saturated carbocycles. The Morgan fingerprint density at radius 2 is 1.95 bits per heavy atom. The van der Waals surface area contributed by atoms with Crippen LogP contribution in [0.2, 0.25) is 0 Å². The van der Waals surface area contributed by atoms with Gasteiger partial charge in [-0.15, -0.1) is 0 Å². The molecule has 19 heavy (non-hydrogen) atoms. The Morgan fingerprint density at radius 3 is 2.53 bits per heavy atom. The molecule has 5 nitrogen and oxygen atoms in total. The maximum Gasteiger partial charge on any atom is 0.239 e. The number of hydrogen-bond acceptors (Lipinski definition) is 4. The van der Waals surface area contributed by atoms with E-state index >= 15 is 0 Å². The molecule has 1 unspecified atom stereocenters. The molecular formula is C14H22N2O3. The molecular weight excluding hydrogens is 244 g/mol. The molecule has 0 spiro atoms. The van der Waals surface area contributed by atoms with Crippen molar-refractivity contribution in [3.05, 3.63) is 35.4 Å². The quantitative estimate of drug-likeness (QED) is 0.730. The topological polar surface area (TPSA) is 73.6 Å². The first kappa shape index (κ1) is 15.6. The van der Waals surface area contributed by atoms with Crippen LogP contribution < -0.4 is 11.1 Å². The summed E-state index contributed by atoms with van der Waals surface area (Å²) in [7, 11) is 1.52. The van der Waals surface area contributed by atoms with Gasteiger partial charge in [-0.05, 0) is 18.1 Å². The molecule has 0 aliphatic heterocycles. The maximum absolute atomic E-state index is 11.6. The predicted octanol–water partition coefficient (Wildman–Crippen LogP) is 0.813. The first-order valence-electron chi connectivity index (χ1n) is 6.35. The summed E-state index contributed by atoms with van der Waals surface area (Å²) in [5.74, 6) is -0.208. The van der Waals surface area contributed by atoms with Crippen LogP contribution >= 0.6 is 0 Å². The molecule has 0 aliphatic rings. The number of rotatable bonds is 8. The number of benzene rings is 1. The van der Waals surface area contributed by atoms with Crippen LogP contribution in [-0.2, 0) is 27.4 Å². The van der Waals surface area contributed by atoms with Crippen molar-refractivity contribution in [2.24, 2.45) is 5.73 Å². The van der Waals surface area contributed by atoms with Crippen molar-refractivity contribution in [2.75, 3.05) is 20.3 Å². The van der Waals surface area contributed by atoms with Gasteiger partial charge in [0.25, 0.3) is 0 Å². The van der Waals surface area contributed by atoms with Crippen LogP contribution in [0.5, 0.6) is 0 Å². The van der Waals surface area contributed by atoms with E-state index in [1.165, 1.54) is 7.11 Å². The van der Waals surface area contributed by atoms with Crippen molar-refractivity contribution in [1.82, 2.24) is 5.32 Å². The third kappa shape index (κ3) is 5.83. The lowest BCUT2D eigenvalue weighted by Crippen LogP contribution is -2.43. The molecule has 0 aliphatic carbocycles. The van der Waals surface area contributed by atoms with E-state index in [4.69, 9.17) is 15.2 Å². The number of methoxy groups -OCH3 is 1. The second-order valence-electron chi connectivity index (χ2n) is 4.23. The third-order valence-electron chi connectivity index (χ3n) is 2.65. The van der Waals surface area contributed by atoms with E-state index in [0.717, 1.165) is 11.1 Å². The lowest BCUT2D eigenvalue weighted by atomic mass is 10.1. The number of nitrogens with one attached hydrogen (secondary N) is 1. The molecule has 3 N–H and O–H groups in total. The Labute approximate surface area is 114 Å². The van der Waals surface area contributed by atoms with Crippen LogP contribution in [0.25, 0.3) is 0 Å². The second kappa shape index (κ2) is 8.63. The van der Waals surface area contributed by atoms with Crippen LogP contribution in [0, 0.1) is 0 Å². The predicted molar refractivity (Wildman–Crippen MR) is 73.5 cm³/mol. The van der Waals surface area contributed by atoms with E-state index in [-0.39, 0.29) is 12.5 Å². The van der Waals surface area contributed by atoms with Gasteiger partial charge in [-0.2, -0.15) is 0 Å². The fourth-order valence-electron chi connectivity index (χ4n) is 1.55. The van der Waals surface area contributed by atoms with Crippen LogP contribution in [0.3, 0.4) is 0 Å². The van der Waals surface area contributed by atoms with Gasteiger partial charge in [0.05, 0.1) is 13.2 Å². The van der Waals surface area contributed by atoms with Gasteiger partial charge in [0.1, 0.15) is 6.04 Å². The number of nitrogens with two attached hydrogens (primary N) is 1. The molecule has 0 bridgehead atoms. The molecule has 1 amide bonds. The first-order valence-corrected chi connectivity index (χ1v) is 6.35. The summed E-state index contributed by atoms with van der Waals surface area (Å²) in [6.07, 6.45) is 0. The van der Waals surface area contributed by atoms with Crippen LogP contribution in [0.15, 0.2) is 24.3 Å². The van der Waals surface area contributed by atoms with Crippen LogP contribution in [0.4, 0.5) is 0 Å². The summed E-state index contributed by atoms with van der Waals surface area (Å²) >= 11 is 0. The molecule has 1 atom stereocenters. The van der Waals surface area contributed by atoms with E-state index < -0.39 is 6.04 Å². The number of hydrogen-bond donors (Lipinski definition) is 2. The Hall–Kier alpha value is -1.43. The first-order chi connectivity index (χ1) is 9.17. The van der Waals surface area contributed by atoms with Gasteiger partial charge in [0, 0.05) is 20.3 Å². The van der Waals surface area contributed by atoms with Gasteiger partial charge >= 0.3 is 0 Å². The van der Waals surface area contributed by atoms with Crippen molar-refractivity contribution in [1.29, 1.82) is 0 Å². The standard InChI is InChI=1S/C14H22N2O3/c1-3-19-9-12-6-4-11(5-7-12)8-16-14(17)13(15)10-18-2/h4-7,13H,3,8-10,15H2,1-2H3,(H,16,17). The molecule has 1 aromatic rings. The Morgan fingerprint density at radius 1 is 1.32 bits per heavy atom. The Kier molecular flexibility index (Phi) is 7.10. The van der Waals surface area contributed by atoms with E-state index in [0.29, 0.717) is 19.8 Å². The number of amides is 1. The van der Waals surface area contributed by atoms with Crippen LogP contribution in [-0.4, -0.2) is 32.3 Å². The molecule has 1 rings (SSSR count). The largest absolute Gasteiger partial charge is 0.383 e. The summed E-state index contributed by atoms with van der Waals surface area (Å²) in [5.41, 5.74) is 7.76. The van der Waals surface area contributed by atoms with E-state index in [1.807, 2.05) is 31.2 Å². The van der Waals surface area contributed by atoms with Gasteiger partial charge in [0.2, 0.25) is 5.91 Å². The van der Waals surface area contributed by atoms with Crippen molar-refractivity contribution >= 4 is 5.91 Å². The monoisotopic (exact) mass is 266 g/mol. The zero-order valence-electron chi connectivity index (χ0n) is 11.5. The Balaban J connectivity index is 2.39. The van der Waals surface area contributed by atoms with E-state index in [9.17, 15) is 4.79 Å². The highest BCUT2D eigenvalue weighted by molar-refractivity contribution is 5.81. The lowest BCUT2D eigenvalue weighted by molar-refractivity contribution is -0.123. The molecule has 5 heteroatoms. The summed E-state index contributed by atoms with van der Waals surface area (Å²) in [6, 6.07) is 7.30. The zero-order chi connectivity index (χ0) is 14.1. The highest BCUT2D eigenvalue weighted by atomic mass is 16.5. The molecule has 1 aromatic carbocycles. The second-order valence-corrected chi connectivity index (χ2v) is 4.23. The van der Waals surface area contributed by atoms with Gasteiger partial charge in [-0.3, -0.25) is 4.79 Å². The molecule has 0 aromatic heterocycles. The maximum atomic E-state index is 11.6. The molecule has 0 heterocycles. The smallest absolute Gasteiger partial charge is 0.239 e. The summed E-state index contributed by atoms with van der Waals surface area (Å²) < 4.78 is 10.1. The fraction of sp³-hybridized carbons (Fsp3) is 0.500. The molecule has 106 valence electrons. The zero-order valence-corrected chi connectivity index (χ0v) is 11.5. The van der Waals surface area contributed by atoms with E-state index in [2.05, 4.69) is 5.32 Å². The van der Waals surface area contributed by atoms with Crippen LogP contribution in [0.1, 0.15) is 18.1 Å². The highest BCUT2D eigenvalue weighted by Crippen LogP contribution is 2.05. The van der Waals surface area contributed by atoms with Gasteiger partial charge in [-0.25, -0.2) is 0 Å². The average Bonchev–Trinajstić information content (AvgIpc) is 2.43. The minimum atomic E-state index is -0.623. The number of carbonyl (C=O) groups is 1. The summed E-state index contributed by atoms with van der Waals surface area (Å²) in [4.78, 5) is 11.6. The minimum absolute atomic E-state index is 0.208. The molecule has 0 fully saturated rings. The molecule has 0 saturated heterocycles. The summed E-state index contributed by atoms with van der Waals surface area (Å²) in [6.45, 7) is 3.97. The van der Waals surface area contributed by atoms with Gasteiger partial charge in [-0.1, -0.05) is 24.3 Å². The van der Waals surface area contributed by atoms with Crippen molar-refractivity contribution in [3.8, 4) is 0 Å². The lowest BCUT2D eigenvalue weighted by Gasteiger charge is -2.11. The Bertz CT molecular complexity index is 379. The third-order valence-corrected chi connectivity index (χ3v) is 2.65. The fourth-order valence-corrected chi connectivity index (χ4v) is 1.55. The van der Waals surface area contributed by atoms with E-state index in [1.54, 1.807) is 0 Å². The average molecular weight is 266 g/mol. The normalized spacial score (nSPS) is 12.2. The van der Waals surface area contributed by atoms with Gasteiger partial charge in [0.15, 0.2) is 0 Å². The minimum Gasteiger partial charge on any atom is -0.383 e. The van der Waals surface area contributed by atoms with Gasteiger partial charge < -0.3 is 20.5 Å².